The first-order valence-electron chi connectivity index (χ1n) is 3.72. The van der Waals surface area contributed by atoms with Crippen LogP contribution in [0.3, 0.4) is 0 Å². The van der Waals surface area contributed by atoms with E-state index in [4.69, 9.17) is 4.84 Å². The van der Waals surface area contributed by atoms with Crippen molar-refractivity contribution < 1.29 is 4.84 Å². The van der Waals surface area contributed by atoms with Gasteiger partial charge in [0.15, 0.2) is 0 Å². The van der Waals surface area contributed by atoms with Crippen LogP contribution in [0.4, 0.5) is 0 Å². The van der Waals surface area contributed by atoms with Crippen molar-refractivity contribution in [2.75, 3.05) is 20.7 Å². The van der Waals surface area contributed by atoms with Crippen molar-refractivity contribution in [3.63, 3.8) is 0 Å². The molecule has 1 aliphatic heterocycles. The maximum absolute atomic E-state index is 4.85. The monoisotopic (exact) mass is 144 g/mol. The number of rotatable bonds is 2. The molecule has 1 saturated heterocycles. The van der Waals surface area contributed by atoms with Gasteiger partial charge in [-0.15, -0.1) is 0 Å². The maximum Gasteiger partial charge on any atom is 0.0572 e. The molecule has 1 N–H and O–H groups in total. The lowest BCUT2D eigenvalue weighted by Gasteiger charge is -2.12. The van der Waals surface area contributed by atoms with E-state index in [0.29, 0.717) is 12.1 Å². The van der Waals surface area contributed by atoms with Crippen LogP contribution in [0.25, 0.3) is 0 Å². The lowest BCUT2D eigenvalue weighted by Crippen LogP contribution is -2.30. The third kappa shape index (κ3) is 1.68. The summed E-state index contributed by atoms with van der Waals surface area (Å²) in [7, 11) is 3.81. The second kappa shape index (κ2) is 3.32. The number of likely N-dealkylation sites (tertiary alicyclic amines) is 1. The zero-order chi connectivity index (χ0) is 7.56. The number of likely N-dealkylation sites (N-methyl/N-ethyl adjacent to an activating group) is 1. The van der Waals surface area contributed by atoms with E-state index in [9.17, 15) is 0 Å². The summed E-state index contributed by atoms with van der Waals surface area (Å²) < 4.78 is 0. The smallest absolute Gasteiger partial charge is 0.0572 e. The average Bonchev–Trinajstić information content (AvgIpc) is 2.14. The number of nitrogens with one attached hydrogen (secondary N) is 1. The fraction of sp³-hybridized carbons (Fsp3) is 1.00. The first kappa shape index (κ1) is 7.98. The minimum absolute atomic E-state index is 0.519. The van der Waals surface area contributed by atoms with Crippen LogP contribution in [0.5, 0.6) is 0 Å². The highest BCUT2D eigenvalue weighted by Gasteiger charge is 2.25. The molecule has 1 fully saturated rings. The quantitative estimate of drug-likeness (QED) is 0.561. The molecule has 0 aliphatic carbocycles. The van der Waals surface area contributed by atoms with E-state index in [1.807, 2.05) is 0 Å². The Bertz CT molecular complexity index is 97.8. The van der Waals surface area contributed by atoms with Crippen molar-refractivity contribution >= 4 is 0 Å². The third-order valence-corrected chi connectivity index (χ3v) is 2.17. The Balaban J connectivity index is 2.27. The fourth-order valence-electron chi connectivity index (χ4n) is 1.45. The van der Waals surface area contributed by atoms with Crippen molar-refractivity contribution in [2.45, 2.75) is 25.4 Å². The van der Waals surface area contributed by atoms with Gasteiger partial charge in [-0.25, -0.2) is 0 Å². The van der Waals surface area contributed by atoms with Crippen LogP contribution in [-0.2, 0) is 4.84 Å². The lowest BCUT2D eigenvalue weighted by molar-refractivity contribution is 0.0638. The van der Waals surface area contributed by atoms with Crippen LogP contribution in [0, 0.1) is 0 Å². The minimum atomic E-state index is 0.519. The van der Waals surface area contributed by atoms with Gasteiger partial charge in [-0.2, -0.15) is 5.48 Å². The molecule has 0 radical (unpaired) electrons. The summed E-state index contributed by atoms with van der Waals surface area (Å²) in [4.78, 5) is 7.18. The highest BCUT2D eigenvalue weighted by Crippen LogP contribution is 2.14. The molecular weight excluding hydrogens is 128 g/mol. The van der Waals surface area contributed by atoms with E-state index in [2.05, 4.69) is 24.4 Å². The van der Waals surface area contributed by atoms with Gasteiger partial charge in [-0.05, 0) is 20.4 Å². The SMILES string of the molecule is CONC1CC(C)N(C)C1. The van der Waals surface area contributed by atoms with Crippen LogP contribution in [-0.4, -0.2) is 37.7 Å². The van der Waals surface area contributed by atoms with Gasteiger partial charge in [0.2, 0.25) is 0 Å². The van der Waals surface area contributed by atoms with Gasteiger partial charge in [0, 0.05) is 18.6 Å². The molecule has 0 amide bonds. The first-order chi connectivity index (χ1) is 4.74. The molecule has 3 nitrogen and oxygen atoms in total. The molecule has 1 rings (SSSR count). The molecule has 0 aromatic heterocycles. The van der Waals surface area contributed by atoms with E-state index in [0.717, 1.165) is 6.54 Å². The van der Waals surface area contributed by atoms with Gasteiger partial charge in [0.25, 0.3) is 0 Å². The predicted molar refractivity (Wildman–Crippen MR) is 40.6 cm³/mol. The number of hydrogen-bond donors (Lipinski definition) is 1. The summed E-state index contributed by atoms with van der Waals surface area (Å²) in [6.45, 7) is 3.33. The summed E-state index contributed by atoms with van der Waals surface area (Å²) in [5.74, 6) is 0. The number of hydroxylamine groups is 1. The Labute approximate surface area is 62.3 Å². The average molecular weight is 144 g/mol. The molecule has 60 valence electrons. The number of nitrogens with zero attached hydrogens (tertiary/aromatic N) is 1. The molecule has 0 bridgehead atoms. The van der Waals surface area contributed by atoms with Gasteiger partial charge in [0.1, 0.15) is 0 Å². The zero-order valence-electron chi connectivity index (χ0n) is 6.92. The van der Waals surface area contributed by atoms with Crippen molar-refractivity contribution in [1.82, 2.24) is 10.4 Å². The number of hydrogen-bond acceptors (Lipinski definition) is 3. The van der Waals surface area contributed by atoms with Crippen molar-refractivity contribution in [2.24, 2.45) is 0 Å². The zero-order valence-corrected chi connectivity index (χ0v) is 6.92. The van der Waals surface area contributed by atoms with Crippen LogP contribution >= 0.6 is 0 Å². The van der Waals surface area contributed by atoms with Crippen molar-refractivity contribution in [3.8, 4) is 0 Å². The van der Waals surface area contributed by atoms with E-state index in [1.54, 1.807) is 7.11 Å². The third-order valence-electron chi connectivity index (χ3n) is 2.17. The van der Waals surface area contributed by atoms with Gasteiger partial charge in [-0.3, -0.25) is 0 Å². The van der Waals surface area contributed by atoms with Crippen LogP contribution in [0.2, 0.25) is 0 Å². The Hall–Kier alpha value is -0.120. The molecule has 0 spiro atoms. The van der Waals surface area contributed by atoms with Crippen LogP contribution in [0.15, 0.2) is 0 Å². The van der Waals surface area contributed by atoms with E-state index in [1.165, 1.54) is 6.42 Å². The summed E-state index contributed by atoms with van der Waals surface area (Å²) in [5.41, 5.74) is 2.96. The van der Waals surface area contributed by atoms with Gasteiger partial charge in [-0.1, -0.05) is 0 Å². The van der Waals surface area contributed by atoms with E-state index >= 15 is 0 Å². The fourth-order valence-corrected chi connectivity index (χ4v) is 1.45. The lowest BCUT2D eigenvalue weighted by atomic mass is 10.2. The Kier molecular flexibility index (Phi) is 2.65. The normalized spacial score (nSPS) is 35.1. The molecule has 0 saturated carbocycles. The van der Waals surface area contributed by atoms with Gasteiger partial charge in [0.05, 0.1) is 7.11 Å². The topological polar surface area (TPSA) is 24.5 Å². The first-order valence-corrected chi connectivity index (χ1v) is 3.72. The second-order valence-electron chi connectivity index (χ2n) is 3.04. The van der Waals surface area contributed by atoms with E-state index < -0.39 is 0 Å². The maximum atomic E-state index is 4.85. The van der Waals surface area contributed by atoms with Crippen molar-refractivity contribution in [3.05, 3.63) is 0 Å². The molecule has 0 aromatic rings. The highest BCUT2D eigenvalue weighted by atomic mass is 16.6. The summed E-state index contributed by atoms with van der Waals surface area (Å²) >= 11 is 0. The molecule has 2 unspecified atom stereocenters. The standard InChI is InChI=1S/C7H16N2O/c1-6-4-7(8-10-3)5-9(6)2/h6-8H,4-5H2,1-3H3. The second-order valence-corrected chi connectivity index (χ2v) is 3.04. The summed E-state index contributed by atoms with van der Waals surface area (Å²) in [6.07, 6.45) is 1.18. The highest BCUT2D eigenvalue weighted by molar-refractivity contribution is 4.82. The van der Waals surface area contributed by atoms with Gasteiger partial charge < -0.3 is 9.74 Å². The minimum Gasteiger partial charge on any atom is -0.305 e. The molecule has 1 aliphatic rings. The molecule has 3 heteroatoms. The Morgan fingerprint density at radius 3 is 2.70 bits per heavy atom. The predicted octanol–water partition coefficient (Wildman–Crippen LogP) is 0.230. The molecular formula is C7H16N2O. The van der Waals surface area contributed by atoms with Crippen LogP contribution in [0.1, 0.15) is 13.3 Å². The largest absolute Gasteiger partial charge is 0.305 e. The van der Waals surface area contributed by atoms with Gasteiger partial charge >= 0.3 is 0 Å². The Morgan fingerprint density at radius 1 is 1.60 bits per heavy atom. The summed E-state index contributed by atoms with van der Waals surface area (Å²) in [6, 6.07) is 1.21. The van der Waals surface area contributed by atoms with Crippen LogP contribution < -0.4 is 5.48 Å². The molecule has 2 atom stereocenters. The summed E-state index contributed by atoms with van der Waals surface area (Å²) in [5, 5.41) is 0. The Morgan fingerprint density at radius 2 is 2.30 bits per heavy atom. The van der Waals surface area contributed by atoms with Crippen molar-refractivity contribution in [1.29, 1.82) is 0 Å². The molecule has 1 heterocycles. The molecule has 10 heavy (non-hydrogen) atoms. The van der Waals surface area contributed by atoms with E-state index in [-0.39, 0.29) is 0 Å². The molecule has 0 aromatic carbocycles.